The summed E-state index contributed by atoms with van der Waals surface area (Å²) in [6, 6.07) is 13.8. The van der Waals surface area contributed by atoms with E-state index >= 15 is 0 Å². The summed E-state index contributed by atoms with van der Waals surface area (Å²) < 4.78 is 30.5. The number of primary sulfonamides is 1. The van der Waals surface area contributed by atoms with E-state index in [9.17, 15) is 8.42 Å². The lowest BCUT2D eigenvalue weighted by Gasteiger charge is -2.33. The van der Waals surface area contributed by atoms with Crippen molar-refractivity contribution >= 4 is 28.1 Å². The minimum absolute atomic E-state index is 0. The predicted octanol–water partition coefficient (Wildman–Crippen LogP) is 2.41. The molecule has 0 spiro atoms. The molecule has 0 aliphatic carbocycles. The second-order valence-corrected chi connectivity index (χ2v) is 8.92. The molecule has 4 rings (SSSR count). The first-order valence-corrected chi connectivity index (χ1v) is 11.4. The van der Waals surface area contributed by atoms with Gasteiger partial charge in [-0.1, -0.05) is 36.4 Å². The highest BCUT2D eigenvalue weighted by molar-refractivity contribution is 7.89. The highest BCUT2D eigenvalue weighted by Gasteiger charge is 2.25. The molecule has 158 valence electrons. The Bertz CT molecular complexity index is 946. The predicted molar refractivity (Wildman–Crippen MR) is 117 cm³/mol. The molecule has 0 saturated carbocycles. The number of nitrogens with zero attached hydrogens (tertiary/aromatic N) is 1. The standard InChI is InChI=1S/C21H27N3O3S.ClH/c22-28(25,26)20-7-3-5-17(21(20)24-13-11-23-12-14-24)8-9-19-18-6-2-1-4-16(18)10-15-27-19;/h1-7,19,23H,8-15H2,(H2,22,25,26);1H. The van der Waals surface area contributed by atoms with Crippen LogP contribution in [0.5, 0.6) is 0 Å². The molecule has 1 atom stereocenters. The van der Waals surface area contributed by atoms with Crippen LogP contribution in [0.3, 0.4) is 0 Å². The maximum absolute atomic E-state index is 12.2. The molecule has 2 aliphatic rings. The van der Waals surface area contributed by atoms with Gasteiger partial charge in [-0.25, -0.2) is 13.6 Å². The van der Waals surface area contributed by atoms with Gasteiger partial charge < -0.3 is 15.0 Å². The van der Waals surface area contributed by atoms with Gasteiger partial charge in [0, 0.05) is 26.2 Å². The lowest BCUT2D eigenvalue weighted by molar-refractivity contribution is 0.0368. The van der Waals surface area contributed by atoms with E-state index in [1.807, 2.05) is 12.1 Å². The van der Waals surface area contributed by atoms with Crippen molar-refractivity contribution in [2.24, 2.45) is 5.14 Å². The molecule has 6 nitrogen and oxygen atoms in total. The average Bonchev–Trinajstić information content (AvgIpc) is 2.72. The van der Waals surface area contributed by atoms with Gasteiger partial charge in [0.2, 0.25) is 10.0 Å². The van der Waals surface area contributed by atoms with Crippen molar-refractivity contribution in [2.75, 3.05) is 37.7 Å². The molecule has 0 amide bonds. The zero-order valence-corrected chi connectivity index (χ0v) is 18.0. The van der Waals surface area contributed by atoms with Crippen molar-refractivity contribution in [3.05, 3.63) is 59.2 Å². The number of sulfonamides is 1. The topological polar surface area (TPSA) is 84.7 Å². The monoisotopic (exact) mass is 437 g/mol. The van der Waals surface area contributed by atoms with Crippen LogP contribution in [-0.4, -0.2) is 41.2 Å². The first-order chi connectivity index (χ1) is 13.5. The molecule has 1 fully saturated rings. The van der Waals surface area contributed by atoms with Crippen LogP contribution in [0.2, 0.25) is 0 Å². The lowest BCUT2D eigenvalue weighted by Crippen LogP contribution is -2.44. The van der Waals surface area contributed by atoms with E-state index in [4.69, 9.17) is 9.88 Å². The van der Waals surface area contributed by atoms with Gasteiger partial charge in [0.1, 0.15) is 4.90 Å². The van der Waals surface area contributed by atoms with Crippen LogP contribution in [0.25, 0.3) is 0 Å². The number of rotatable bonds is 5. The Morgan fingerprint density at radius 2 is 1.86 bits per heavy atom. The second kappa shape index (κ2) is 9.45. The summed E-state index contributed by atoms with van der Waals surface area (Å²) in [7, 11) is -3.79. The summed E-state index contributed by atoms with van der Waals surface area (Å²) in [6.07, 6.45) is 2.53. The van der Waals surface area contributed by atoms with Crippen molar-refractivity contribution in [3.8, 4) is 0 Å². The summed E-state index contributed by atoms with van der Waals surface area (Å²) in [6.45, 7) is 3.92. The van der Waals surface area contributed by atoms with E-state index in [2.05, 4.69) is 28.4 Å². The Morgan fingerprint density at radius 3 is 2.62 bits per heavy atom. The van der Waals surface area contributed by atoms with Crippen LogP contribution < -0.4 is 15.4 Å². The van der Waals surface area contributed by atoms with Gasteiger partial charge in [-0.2, -0.15) is 0 Å². The number of para-hydroxylation sites is 1. The maximum atomic E-state index is 12.2. The quantitative estimate of drug-likeness (QED) is 0.750. The first-order valence-electron chi connectivity index (χ1n) is 9.84. The first kappa shape index (κ1) is 22.1. The largest absolute Gasteiger partial charge is 0.373 e. The van der Waals surface area contributed by atoms with Crippen molar-refractivity contribution in [1.29, 1.82) is 0 Å². The summed E-state index contributed by atoms with van der Waals surface area (Å²) in [4.78, 5) is 2.36. The van der Waals surface area contributed by atoms with Crippen molar-refractivity contribution in [3.63, 3.8) is 0 Å². The summed E-state index contributed by atoms with van der Waals surface area (Å²) in [5, 5.41) is 8.86. The summed E-state index contributed by atoms with van der Waals surface area (Å²) in [5.74, 6) is 0. The van der Waals surface area contributed by atoms with Gasteiger partial charge in [0.25, 0.3) is 0 Å². The smallest absolute Gasteiger partial charge is 0.240 e. The molecule has 8 heteroatoms. The summed E-state index contributed by atoms with van der Waals surface area (Å²) in [5.41, 5.74) is 4.37. The van der Waals surface area contributed by atoms with E-state index in [0.29, 0.717) is 0 Å². The Labute approximate surface area is 178 Å². The molecular weight excluding hydrogens is 410 g/mol. The molecule has 0 radical (unpaired) electrons. The van der Waals surface area contributed by atoms with Gasteiger partial charge in [0.05, 0.1) is 18.4 Å². The Kier molecular flexibility index (Phi) is 7.19. The molecule has 0 aromatic heterocycles. The molecule has 1 saturated heterocycles. The van der Waals surface area contributed by atoms with E-state index in [-0.39, 0.29) is 23.4 Å². The number of halogens is 1. The second-order valence-electron chi connectivity index (χ2n) is 7.39. The van der Waals surface area contributed by atoms with Crippen molar-refractivity contribution in [1.82, 2.24) is 5.32 Å². The van der Waals surface area contributed by atoms with Gasteiger partial charge in [0.15, 0.2) is 0 Å². The number of ether oxygens (including phenoxy) is 1. The molecule has 2 aromatic carbocycles. The number of fused-ring (bicyclic) bond motifs is 1. The van der Waals surface area contributed by atoms with Gasteiger partial charge in [-0.15, -0.1) is 12.4 Å². The summed E-state index contributed by atoms with van der Waals surface area (Å²) >= 11 is 0. The molecule has 1 unspecified atom stereocenters. The normalized spacial score (nSPS) is 19.3. The fourth-order valence-electron chi connectivity index (χ4n) is 4.25. The zero-order chi connectivity index (χ0) is 19.6. The number of anilines is 1. The molecular formula is C21H28ClN3O3S. The van der Waals surface area contributed by atoms with Gasteiger partial charge >= 0.3 is 0 Å². The van der Waals surface area contributed by atoms with Crippen LogP contribution in [0.1, 0.15) is 29.2 Å². The molecule has 29 heavy (non-hydrogen) atoms. The van der Waals surface area contributed by atoms with E-state index in [1.54, 1.807) is 12.1 Å². The van der Waals surface area contributed by atoms with E-state index < -0.39 is 10.0 Å². The number of benzene rings is 2. The average molecular weight is 438 g/mol. The molecule has 2 heterocycles. The van der Waals surface area contributed by atoms with Crippen LogP contribution in [0, 0.1) is 0 Å². The van der Waals surface area contributed by atoms with Crippen LogP contribution in [-0.2, 0) is 27.6 Å². The van der Waals surface area contributed by atoms with E-state index in [0.717, 1.165) is 63.3 Å². The highest BCUT2D eigenvalue weighted by atomic mass is 35.5. The number of hydrogen-bond donors (Lipinski definition) is 2. The van der Waals surface area contributed by atoms with Gasteiger partial charge in [-0.3, -0.25) is 0 Å². The molecule has 0 bridgehead atoms. The SMILES string of the molecule is Cl.NS(=O)(=O)c1cccc(CCC2OCCc3ccccc32)c1N1CCNCC1. The minimum atomic E-state index is -3.79. The maximum Gasteiger partial charge on any atom is 0.240 e. The van der Waals surface area contributed by atoms with Crippen molar-refractivity contribution < 1.29 is 13.2 Å². The Hall–Kier alpha value is -1.64. The van der Waals surface area contributed by atoms with Crippen LogP contribution in [0.15, 0.2) is 47.4 Å². The third kappa shape index (κ3) is 4.92. The number of aryl methyl sites for hydroxylation is 1. The lowest BCUT2D eigenvalue weighted by atomic mass is 9.93. The number of piperazine rings is 1. The molecule has 2 aliphatic heterocycles. The zero-order valence-electron chi connectivity index (χ0n) is 16.3. The molecule has 3 N–H and O–H groups in total. The van der Waals surface area contributed by atoms with E-state index in [1.165, 1.54) is 11.1 Å². The fourth-order valence-corrected chi connectivity index (χ4v) is 5.05. The number of hydrogen-bond acceptors (Lipinski definition) is 5. The van der Waals surface area contributed by atoms with Crippen LogP contribution >= 0.6 is 12.4 Å². The third-order valence-electron chi connectivity index (χ3n) is 5.59. The Morgan fingerprint density at radius 1 is 1.10 bits per heavy atom. The third-order valence-corrected chi connectivity index (χ3v) is 6.53. The van der Waals surface area contributed by atoms with Crippen LogP contribution in [0.4, 0.5) is 5.69 Å². The number of nitrogens with one attached hydrogen (secondary N) is 1. The fraction of sp³-hybridized carbons (Fsp3) is 0.429. The van der Waals surface area contributed by atoms with Crippen molar-refractivity contribution in [2.45, 2.75) is 30.3 Å². The number of nitrogens with two attached hydrogens (primary N) is 1. The Balaban J connectivity index is 0.00000240. The highest BCUT2D eigenvalue weighted by Crippen LogP contribution is 2.34. The minimum Gasteiger partial charge on any atom is -0.373 e. The molecule has 2 aromatic rings. The van der Waals surface area contributed by atoms with Gasteiger partial charge in [-0.05, 0) is 42.0 Å².